The number of hydrogen-bond acceptors (Lipinski definition) is 3. The molecule has 3 N–H and O–H groups in total. The summed E-state index contributed by atoms with van der Waals surface area (Å²) in [7, 11) is 1.42. The minimum atomic E-state index is -0.628. The maximum Gasteiger partial charge on any atom is 0.148 e. The van der Waals surface area contributed by atoms with E-state index in [1.54, 1.807) is 6.92 Å². The molecule has 1 aromatic carbocycles. The first kappa shape index (κ1) is 12.2. The molecule has 0 aromatic heterocycles. The van der Waals surface area contributed by atoms with Crippen LogP contribution in [0.25, 0.3) is 0 Å². The molecular formula is C10H13ClFNO2. The molecule has 1 aromatic rings. The monoisotopic (exact) mass is 233 g/mol. The van der Waals surface area contributed by atoms with Crippen molar-refractivity contribution in [2.45, 2.75) is 13.0 Å². The molecule has 0 saturated carbocycles. The van der Waals surface area contributed by atoms with Gasteiger partial charge in [-0.3, -0.25) is 0 Å². The molecule has 1 rings (SSSR count). The Bertz CT molecular complexity index is 371. The molecule has 0 aliphatic rings. The molecular weight excluding hydrogens is 221 g/mol. The van der Waals surface area contributed by atoms with Gasteiger partial charge in [-0.15, -0.1) is 0 Å². The summed E-state index contributed by atoms with van der Waals surface area (Å²) in [5, 5.41) is 8.92. The molecule has 0 heterocycles. The molecule has 0 aliphatic heterocycles. The lowest BCUT2D eigenvalue weighted by Gasteiger charge is -2.16. The highest BCUT2D eigenvalue weighted by molar-refractivity contribution is 6.31. The van der Waals surface area contributed by atoms with Crippen molar-refractivity contribution in [2.24, 2.45) is 5.73 Å². The predicted molar refractivity (Wildman–Crippen MR) is 56.7 cm³/mol. The summed E-state index contributed by atoms with van der Waals surface area (Å²) in [6, 6.07) is 0.751. The summed E-state index contributed by atoms with van der Waals surface area (Å²) in [5.74, 6) is -0.194. The Balaban J connectivity index is 3.38. The van der Waals surface area contributed by atoms with Crippen LogP contribution in [0, 0.1) is 12.7 Å². The van der Waals surface area contributed by atoms with Gasteiger partial charge in [0.15, 0.2) is 0 Å². The molecule has 0 radical (unpaired) electrons. The quantitative estimate of drug-likeness (QED) is 0.837. The summed E-state index contributed by atoms with van der Waals surface area (Å²) in [5.41, 5.74) is 6.45. The van der Waals surface area contributed by atoms with E-state index < -0.39 is 11.9 Å². The van der Waals surface area contributed by atoms with Gasteiger partial charge in [0.1, 0.15) is 11.6 Å². The van der Waals surface area contributed by atoms with Gasteiger partial charge in [-0.05, 0) is 13.0 Å². The molecule has 0 amide bonds. The van der Waals surface area contributed by atoms with Crippen molar-refractivity contribution < 1.29 is 14.2 Å². The molecule has 1 unspecified atom stereocenters. The van der Waals surface area contributed by atoms with Gasteiger partial charge in [0.2, 0.25) is 0 Å². The normalized spacial score (nSPS) is 12.7. The van der Waals surface area contributed by atoms with Gasteiger partial charge in [0, 0.05) is 11.1 Å². The van der Waals surface area contributed by atoms with Crippen LogP contribution in [0.5, 0.6) is 5.75 Å². The van der Waals surface area contributed by atoms with Crippen LogP contribution in [-0.2, 0) is 0 Å². The second kappa shape index (κ2) is 4.79. The SMILES string of the molecule is COc1c(C(N)CO)cc(Cl)c(F)c1C. The first-order chi connectivity index (χ1) is 7.02. The van der Waals surface area contributed by atoms with E-state index in [0.29, 0.717) is 16.9 Å². The lowest BCUT2D eigenvalue weighted by atomic mass is 10.0. The Morgan fingerprint density at radius 1 is 1.67 bits per heavy atom. The summed E-state index contributed by atoms with van der Waals surface area (Å²) < 4.78 is 18.5. The third-order valence-corrected chi connectivity index (χ3v) is 2.50. The van der Waals surface area contributed by atoms with Gasteiger partial charge >= 0.3 is 0 Å². The Kier molecular flexibility index (Phi) is 3.90. The number of benzene rings is 1. The van der Waals surface area contributed by atoms with E-state index in [2.05, 4.69) is 0 Å². The van der Waals surface area contributed by atoms with Crippen LogP contribution < -0.4 is 10.5 Å². The second-order valence-corrected chi connectivity index (χ2v) is 3.62. The van der Waals surface area contributed by atoms with E-state index >= 15 is 0 Å². The molecule has 0 fully saturated rings. The zero-order valence-electron chi connectivity index (χ0n) is 8.55. The van der Waals surface area contributed by atoms with E-state index in [9.17, 15) is 4.39 Å². The van der Waals surface area contributed by atoms with Crippen LogP contribution in [0.1, 0.15) is 17.2 Å². The number of hydrogen-bond donors (Lipinski definition) is 2. The molecule has 84 valence electrons. The Hall–Kier alpha value is -0.840. The average Bonchev–Trinajstić information content (AvgIpc) is 2.24. The van der Waals surface area contributed by atoms with Crippen LogP contribution in [0.4, 0.5) is 4.39 Å². The molecule has 0 bridgehead atoms. The van der Waals surface area contributed by atoms with Crippen LogP contribution in [0.3, 0.4) is 0 Å². The van der Waals surface area contributed by atoms with Gasteiger partial charge in [-0.25, -0.2) is 4.39 Å². The Morgan fingerprint density at radius 2 is 2.27 bits per heavy atom. The van der Waals surface area contributed by atoms with E-state index in [4.69, 9.17) is 27.2 Å². The number of halogens is 2. The molecule has 15 heavy (non-hydrogen) atoms. The van der Waals surface area contributed by atoms with Gasteiger partial charge in [-0.2, -0.15) is 0 Å². The minimum absolute atomic E-state index is 0.0211. The number of nitrogens with two attached hydrogens (primary N) is 1. The van der Waals surface area contributed by atoms with Crippen molar-refractivity contribution >= 4 is 11.6 Å². The van der Waals surface area contributed by atoms with Crippen molar-refractivity contribution in [3.05, 3.63) is 28.0 Å². The van der Waals surface area contributed by atoms with Crippen molar-refractivity contribution in [2.75, 3.05) is 13.7 Å². The fraction of sp³-hybridized carbons (Fsp3) is 0.400. The zero-order chi connectivity index (χ0) is 11.6. The molecule has 5 heteroatoms. The van der Waals surface area contributed by atoms with Gasteiger partial charge in [0.05, 0.1) is 24.8 Å². The van der Waals surface area contributed by atoms with Crippen LogP contribution >= 0.6 is 11.6 Å². The van der Waals surface area contributed by atoms with Crippen LogP contribution in [-0.4, -0.2) is 18.8 Å². The molecule has 0 saturated heterocycles. The average molecular weight is 234 g/mol. The lowest BCUT2D eigenvalue weighted by Crippen LogP contribution is -2.16. The van der Waals surface area contributed by atoms with Crippen molar-refractivity contribution in [1.29, 1.82) is 0 Å². The lowest BCUT2D eigenvalue weighted by molar-refractivity contribution is 0.264. The Morgan fingerprint density at radius 3 is 2.73 bits per heavy atom. The molecule has 1 atom stereocenters. The number of aliphatic hydroxyl groups is 1. The minimum Gasteiger partial charge on any atom is -0.496 e. The third kappa shape index (κ3) is 2.22. The summed E-state index contributed by atoms with van der Waals surface area (Å²) in [6.07, 6.45) is 0. The number of methoxy groups -OCH3 is 1. The molecule has 0 spiro atoms. The van der Waals surface area contributed by atoms with Crippen LogP contribution in [0.15, 0.2) is 6.07 Å². The topological polar surface area (TPSA) is 55.5 Å². The second-order valence-electron chi connectivity index (χ2n) is 3.21. The maximum atomic E-state index is 13.4. The Labute approximate surface area is 92.6 Å². The fourth-order valence-electron chi connectivity index (χ4n) is 1.41. The van der Waals surface area contributed by atoms with Crippen molar-refractivity contribution in [3.63, 3.8) is 0 Å². The highest BCUT2D eigenvalue weighted by Crippen LogP contribution is 2.33. The van der Waals surface area contributed by atoms with E-state index in [1.165, 1.54) is 13.2 Å². The molecule has 3 nitrogen and oxygen atoms in total. The summed E-state index contributed by atoms with van der Waals surface area (Å²) in [4.78, 5) is 0. The zero-order valence-corrected chi connectivity index (χ0v) is 9.31. The van der Waals surface area contributed by atoms with Crippen LogP contribution in [0.2, 0.25) is 5.02 Å². The van der Waals surface area contributed by atoms with Gasteiger partial charge in [0.25, 0.3) is 0 Å². The first-order valence-electron chi connectivity index (χ1n) is 4.41. The largest absolute Gasteiger partial charge is 0.496 e. The molecule has 0 aliphatic carbocycles. The van der Waals surface area contributed by atoms with Crippen molar-refractivity contribution in [3.8, 4) is 5.75 Å². The predicted octanol–water partition coefficient (Wildman–Crippen LogP) is 1.79. The van der Waals surface area contributed by atoms with Crippen molar-refractivity contribution in [1.82, 2.24) is 0 Å². The maximum absolute atomic E-state index is 13.4. The van der Waals surface area contributed by atoms with E-state index in [-0.39, 0.29) is 11.6 Å². The highest BCUT2D eigenvalue weighted by atomic mass is 35.5. The van der Waals surface area contributed by atoms with Gasteiger partial charge in [-0.1, -0.05) is 11.6 Å². The first-order valence-corrected chi connectivity index (χ1v) is 4.79. The highest BCUT2D eigenvalue weighted by Gasteiger charge is 2.18. The number of rotatable bonds is 3. The third-order valence-electron chi connectivity index (χ3n) is 2.22. The smallest absolute Gasteiger partial charge is 0.148 e. The van der Waals surface area contributed by atoms with E-state index in [1.807, 2.05) is 0 Å². The standard InChI is InChI=1S/C10H13ClFNO2/c1-5-9(12)7(11)3-6(8(13)4-14)10(5)15-2/h3,8,14H,4,13H2,1-2H3. The number of aliphatic hydroxyl groups excluding tert-OH is 1. The van der Waals surface area contributed by atoms with Gasteiger partial charge < -0.3 is 15.6 Å². The fourth-order valence-corrected chi connectivity index (χ4v) is 1.66. The summed E-state index contributed by atoms with van der Waals surface area (Å²) >= 11 is 5.68. The van der Waals surface area contributed by atoms with E-state index in [0.717, 1.165) is 0 Å². The summed E-state index contributed by atoms with van der Waals surface area (Å²) in [6.45, 7) is 1.30. The number of ether oxygens (including phenoxy) is 1.